The highest BCUT2D eigenvalue weighted by molar-refractivity contribution is 6.54. The lowest BCUT2D eigenvalue weighted by atomic mass is 9.87. The third-order valence-corrected chi connectivity index (χ3v) is 4.95. The van der Waals surface area contributed by atoms with Gasteiger partial charge in [-0.05, 0) is 41.3 Å². The Labute approximate surface area is 140 Å². The van der Waals surface area contributed by atoms with Gasteiger partial charge in [-0.3, -0.25) is 9.69 Å². The number of anilines is 1. The maximum atomic E-state index is 12.1. The van der Waals surface area contributed by atoms with Crippen LogP contribution in [0.3, 0.4) is 0 Å². The predicted molar refractivity (Wildman–Crippen MR) is 93.5 cm³/mol. The first-order chi connectivity index (χ1) is 11.7. The molecular weight excluding hydrogens is 302 g/mol. The van der Waals surface area contributed by atoms with Crippen LogP contribution in [0.1, 0.15) is 23.6 Å². The number of benzene rings is 2. The van der Waals surface area contributed by atoms with E-state index in [1.54, 1.807) is 0 Å². The number of amides is 1. The molecule has 0 radical (unpaired) electrons. The van der Waals surface area contributed by atoms with Crippen LogP contribution in [-0.4, -0.2) is 34.8 Å². The Morgan fingerprint density at radius 1 is 1.21 bits per heavy atom. The van der Waals surface area contributed by atoms with E-state index in [9.17, 15) is 10.0 Å². The Bertz CT molecular complexity index is 843. The van der Waals surface area contributed by atoms with Crippen molar-refractivity contribution in [1.82, 2.24) is 4.90 Å². The van der Waals surface area contributed by atoms with Crippen LogP contribution in [0.2, 0.25) is 0 Å². The van der Waals surface area contributed by atoms with Crippen LogP contribution in [0, 0.1) is 0 Å². The summed E-state index contributed by atoms with van der Waals surface area (Å²) in [6, 6.07) is 12.2. The Morgan fingerprint density at radius 2 is 2.00 bits per heavy atom. The summed E-state index contributed by atoms with van der Waals surface area (Å²) in [5.74, 6) is -0.339. The van der Waals surface area contributed by atoms with Gasteiger partial charge in [0.05, 0.1) is 5.69 Å². The van der Waals surface area contributed by atoms with Crippen molar-refractivity contribution < 1.29 is 10.0 Å². The second-order valence-corrected chi connectivity index (χ2v) is 6.19. The lowest BCUT2D eigenvalue weighted by Crippen LogP contribution is -2.31. The average molecular weight is 321 g/mol. The van der Waals surface area contributed by atoms with Gasteiger partial charge in [0, 0.05) is 18.7 Å². The minimum Gasteiger partial charge on any atom is -0.410 e. The summed E-state index contributed by atoms with van der Waals surface area (Å²) in [6.07, 6.45) is 0.947. The second kappa shape index (κ2) is 5.76. The normalized spacial score (nSPS) is 18.4. The highest BCUT2D eigenvalue weighted by atomic mass is 16.4. The number of carbonyl (C=O) groups excluding carboxylic acids is 1. The van der Waals surface area contributed by atoms with E-state index in [1.807, 2.05) is 24.3 Å². The number of carbonyl (C=O) groups is 1. The van der Waals surface area contributed by atoms with Crippen LogP contribution >= 0.6 is 0 Å². The Hall–Kier alpha value is -2.66. The van der Waals surface area contributed by atoms with Crippen molar-refractivity contribution in [2.24, 2.45) is 5.16 Å². The maximum absolute atomic E-state index is 12.1. The van der Waals surface area contributed by atoms with Crippen LogP contribution in [0.4, 0.5) is 5.69 Å². The molecule has 2 aromatic carbocycles. The van der Waals surface area contributed by atoms with E-state index in [0.29, 0.717) is 5.56 Å². The van der Waals surface area contributed by atoms with E-state index >= 15 is 0 Å². The van der Waals surface area contributed by atoms with Crippen LogP contribution in [0.5, 0.6) is 0 Å². The number of hydrogen-bond acceptors (Lipinski definition) is 4. The first-order valence-corrected chi connectivity index (χ1v) is 8.23. The second-order valence-electron chi connectivity index (χ2n) is 6.19. The Morgan fingerprint density at radius 3 is 2.71 bits per heavy atom. The van der Waals surface area contributed by atoms with E-state index in [0.717, 1.165) is 48.4 Å². The largest absolute Gasteiger partial charge is 0.410 e. The van der Waals surface area contributed by atoms with Crippen molar-refractivity contribution in [2.45, 2.75) is 19.9 Å². The summed E-state index contributed by atoms with van der Waals surface area (Å²) in [5.41, 5.74) is 6.27. The van der Waals surface area contributed by atoms with E-state index < -0.39 is 0 Å². The lowest BCUT2D eigenvalue weighted by Gasteiger charge is -2.30. The van der Waals surface area contributed by atoms with Gasteiger partial charge in [0.25, 0.3) is 5.91 Å². The molecule has 2 heterocycles. The number of nitrogens with zero attached hydrogens (tertiary/aromatic N) is 2. The van der Waals surface area contributed by atoms with Gasteiger partial charge < -0.3 is 10.5 Å². The molecule has 2 N–H and O–H groups in total. The minimum absolute atomic E-state index is 0.0959. The predicted octanol–water partition coefficient (Wildman–Crippen LogP) is 2.86. The molecule has 1 amide bonds. The molecule has 122 valence electrons. The number of rotatable bonds is 2. The van der Waals surface area contributed by atoms with Gasteiger partial charge in [0.15, 0.2) is 5.71 Å². The molecule has 0 aliphatic carbocycles. The van der Waals surface area contributed by atoms with Gasteiger partial charge in [-0.15, -0.1) is 0 Å². The SMILES string of the molecule is CCN1CCc2c(-c3ccccc3)cc3c(c2C1)NC(=O)/C3=N\O. The summed E-state index contributed by atoms with van der Waals surface area (Å²) < 4.78 is 0. The lowest BCUT2D eigenvalue weighted by molar-refractivity contribution is -0.110. The molecule has 5 heteroatoms. The van der Waals surface area contributed by atoms with E-state index in [-0.39, 0.29) is 11.6 Å². The summed E-state index contributed by atoms with van der Waals surface area (Å²) in [7, 11) is 0. The molecule has 24 heavy (non-hydrogen) atoms. The molecule has 5 nitrogen and oxygen atoms in total. The quantitative estimate of drug-likeness (QED) is 0.660. The monoisotopic (exact) mass is 321 g/mol. The molecule has 0 spiro atoms. The van der Waals surface area contributed by atoms with Crippen LogP contribution in [0.25, 0.3) is 11.1 Å². The number of likely N-dealkylation sites (N-methyl/N-ethyl adjacent to an activating group) is 1. The van der Waals surface area contributed by atoms with E-state index in [4.69, 9.17) is 0 Å². The van der Waals surface area contributed by atoms with Gasteiger partial charge >= 0.3 is 0 Å². The number of nitrogens with one attached hydrogen (secondary N) is 1. The third kappa shape index (κ3) is 2.20. The fourth-order valence-electron chi connectivity index (χ4n) is 3.68. The van der Waals surface area contributed by atoms with Crippen molar-refractivity contribution in [3.63, 3.8) is 0 Å². The molecule has 0 atom stereocenters. The van der Waals surface area contributed by atoms with Gasteiger partial charge in [-0.2, -0.15) is 0 Å². The van der Waals surface area contributed by atoms with Crippen molar-refractivity contribution in [3.8, 4) is 11.1 Å². The zero-order valence-electron chi connectivity index (χ0n) is 13.5. The highest BCUT2D eigenvalue weighted by Gasteiger charge is 2.33. The molecule has 0 aromatic heterocycles. The van der Waals surface area contributed by atoms with Crippen molar-refractivity contribution in [1.29, 1.82) is 0 Å². The molecule has 0 saturated carbocycles. The average Bonchev–Trinajstić information content (AvgIpc) is 2.96. The summed E-state index contributed by atoms with van der Waals surface area (Å²) >= 11 is 0. The topological polar surface area (TPSA) is 64.9 Å². The van der Waals surface area contributed by atoms with Gasteiger partial charge in [0.2, 0.25) is 0 Å². The number of fused-ring (bicyclic) bond motifs is 3. The highest BCUT2D eigenvalue weighted by Crippen LogP contribution is 2.40. The van der Waals surface area contributed by atoms with Gasteiger partial charge in [-0.25, -0.2) is 0 Å². The van der Waals surface area contributed by atoms with Crippen LogP contribution in [-0.2, 0) is 17.8 Å². The summed E-state index contributed by atoms with van der Waals surface area (Å²) in [5, 5.41) is 15.4. The van der Waals surface area contributed by atoms with Gasteiger partial charge in [0.1, 0.15) is 0 Å². The van der Waals surface area contributed by atoms with Crippen molar-refractivity contribution in [2.75, 3.05) is 18.4 Å². The molecule has 0 saturated heterocycles. The van der Waals surface area contributed by atoms with E-state index in [1.165, 1.54) is 5.56 Å². The third-order valence-electron chi connectivity index (χ3n) is 4.95. The fourth-order valence-corrected chi connectivity index (χ4v) is 3.68. The van der Waals surface area contributed by atoms with Crippen molar-refractivity contribution in [3.05, 3.63) is 53.1 Å². The van der Waals surface area contributed by atoms with Crippen LogP contribution < -0.4 is 5.32 Å². The summed E-state index contributed by atoms with van der Waals surface area (Å²) in [6.45, 7) is 4.93. The van der Waals surface area contributed by atoms with Crippen molar-refractivity contribution >= 4 is 17.3 Å². The molecule has 4 rings (SSSR count). The Kier molecular flexibility index (Phi) is 3.58. The molecule has 0 unspecified atom stereocenters. The van der Waals surface area contributed by atoms with Crippen LogP contribution in [0.15, 0.2) is 41.6 Å². The molecule has 2 aliphatic rings. The molecule has 2 aliphatic heterocycles. The first kappa shape index (κ1) is 14.9. The maximum Gasteiger partial charge on any atom is 0.278 e. The summed E-state index contributed by atoms with van der Waals surface area (Å²) in [4.78, 5) is 14.5. The number of hydrogen-bond donors (Lipinski definition) is 2. The molecule has 0 fully saturated rings. The first-order valence-electron chi connectivity index (χ1n) is 8.23. The van der Waals surface area contributed by atoms with E-state index in [2.05, 4.69) is 34.4 Å². The zero-order valence-corrected chi connectivity index (χ0v) is 13.5. The molecular formula is C19H19N3O2. The Balaban J connectivity index is 1.97. The number of oxime groups is 1. The fraction of sp³-hybridized carbons (Fsp3) is 0.263. The standard InChI is InChI=1S/C19H19N3O2/c1-2-22-9-8-13-14(12-6-4-3-5-7-12)10-15-17(16(13)11-22)20-19(23)18(15)21-24/h3-7,10,24H,2,8-9,11H2,1H3,(H,20,21,23). The molecule has 2 aromatic rings. The molecule has 0 bridgehead atoms. The minimum atomic E-state index is -0.339. The zero-order chi connectivity index (χ0) is 16.7. The smallest absolute Gasteiger partial charge is 0.278 e. The van der Waals surface area contributed by atoms with Gasteiger partial charge in [-0.1, -0.05) is 42.4 Å².